The van der Waals surface area contributed by atoms with Crippen molar-refractivity contribution in [2.24, 2.45) is 11.8 Å². The highest BCUT2D eigenvalue weighted by molar-refractivity contribution is 6.30. The number of hydrogen-bond donors (Lipinski definition) is 0. The molecule has 1 aliphatic carbocycles. The van der Waals surface area contributed by atoms with E-state index in [1.807, 2.05) is 34.1 Å². The van der Waals surface area contributed by atoms with Gasteiger partial charge >= 0.3 is 0 Å². The van der Waals surface area contributed by atoms with E-state index in [1.54, 1.807) is 6.92 Å². The Kier molecular flexibility index (Phi) is 10.6. The molecule has 0 N–H and O–H groups in total. The fourth-order valence-corrected chi connectivity index (χ4v) is 8.48. The van der Waals surface area contributed by atoms with Crippen LogP contribution in [0, 0.1) is 11.8 Å². The van der Waals surface area contributed by atoms with Gasteiger partial charge < -0.3 is 14.7 Å². The number of nitrogens with zero attached hydrogens (tertiary/aromatic N) is 5. The van der Waals surface area contributed by atoms with E-state index in [4.69, 9.17) is 11.6 Å². The quantitative estimate of drug-likeness (QED) is 0.432. The van der Waals surface area contributed by atoms with Crippen molar-refractivity contribution >= 4 is 29.3 Å². The number of carbonyl (C=O) groups is 3. The molecule has 1 aromatic rings. The molecular weight excluding hydrogens is 586 g/mol. The second-order valence-electron chi connectivity index (χ2n) is 15.5. The molecule has 0 bridgehead atoms. The zero-order valence-corrected chi connectivity index (χ0v) is 29.4. The average Bonchev–Trinajstić information content (AvgIpc) is 3.64. The molecule has 45 heavy (non-hydrogen) atoms. The monoisotopic (exact) mass is 641 g/mol. The zero-order valence-electron chi connectivity index (χ0n) is 28.7. The van der Waals surface area contributed by atoms with Gasteiger partial charge in [0.05, 0.1) is 12.0 Å². The Hall–Kier alpha value is -2.16. The van der Waals surface area contributed by atoms with E-state index >= 15 is 0 Å². The maximum Gasteiger partial charge on any atom is 0.245 e. The zero-order chi connectivity index (χ0) is 32.6. The van der Waals surface area contributed by atoms with Crippen molar-refractivity contribution in [3.63, 3.8) is 0 Å². The summed E-state index contributed by atoms with van der Waals surface area (Å²) in [6.45, 7) is 19.8. The number of likely N-dealkylation sites (tertiary alicyclic amines) is 2. The van der Waals surface area contributed by atoms with Crippen molar-refractivity contribution < 1.29 is 14.4 Å². The molecular formula is C36H56ClN5O3. The van der Waals surface area contributed by atoms with Gasteiger partial charge in [-0.3, -0.25) is 24.2 Å². The lowest BCUT2D eigenvalue weighted by Gasteiger charge is -2.39. The van der Waals surface area contributed by atoms with Gasteiger partial charge in [0.1, 0.15) is 6.04 Å². The van der Waals surface area contributed by atoms with Crippen LogP contribution in [0.2, 0.25) is 5.02 Å². The highest BCUT2D eigenvalue weighted by Crippen LogP contribution is 2.40. The van der Waals surface area contributed by atoms with Crippen LogP contribution in [0.5, 0.6) is 0 Å². The molecule has 0 spiro atoms. The number of amides is 3. The summed E-state index contributed by atoms with van der Waals surface area (Å²) >= 11 is 6.26. The molecule has 3 heterocycles. The minimum absolute atomic E-state index is 0.00197. The third kappa shape index (κ3) is 7.54. The first-order valence-corrected chi connectivity index (χ1v) is 17.7. The van der Waals surface area contributed by atoms with Crippen LogP contribution in [0.15, 0.2) is 24.3 Å². The summed E-state index contributed by atoms with van der Waals surface area (Å²) in [5.74, 6) is 0.548. The van der Waals surface area contributed by atoms with Crippen molar-refractivity contribution in [2.75, 3.05) is 45.8 Å². The summed E-state index contributed by atoms with van der Waals surface area (Å²) in [5.41, 5.74) is 1.01. The first-order valence-electron chi connectivity index (χ1n) is 17.4. The molecule has 250 valence electrons. The lowest BCUT2D eigenvalue weighted by molar-refractivity contribution is -0.147. The van der Waals surface area contributed by atoms with Crippen molar-refractivity contribution in [2.45, 2.75) is 116 Å². The van der Waals surface area contributed by atoms with Crippen LogP contribution < -0.4 is 0 Å². The van der Waals surface area contributed by atoms with Crippen molar-refractivity contribution in [1.82, 2.24) is 24.5 Å². The number of benzene rings is 1. The van der Waals surface area contributed by atoms with Gasteiger partial charge in [0.25, 0.3) is 0 Å². The van der Waals surface area contributed by atoms with E-state index < -0.39 is 6.04 Å². The van der Waals surface area contributed by atoms with Crippen LogP contribution in [-0.2, 0) is 14.4 Å². The average molecular weight is 642 g/mol. The second kappa shape index (κ2) is 13.9. The van der Waals surface area contributed by atoms with E-state index in [9.17, 15) is 14.4 Å². The number of rotatable bonds is 6. The summed E-state index contributed by atoms with van der Waals surface area (Å²) in [5, 5.41) is 0.680. The molecule has 0 radical (unpaired) electrons. The summed E-state index contributed by atoms with van der Waals surface area (Å²) in [4.78, 5) is 53.2. The Balaban J connectivity index is 1.44. The number of halogens is 1. The van der Waals surface area contributed by atoms with Crippen LogP contribution in [-0.4, -0.2) is 118 Å². The maximum atomic E-state index is 14.9. The Morgan fingerprint density at radius 2 is 1.49 bits per heavy atom. The van der Waals surface area contributed by atoms with E-state index in [0.29, 0.717) is 49.6 Å². The van der Waals surface area contributed by atoms with Crippen LogP contribution >= 0.6 is 11.6 Å². The van der Waals surface area contributed by atoms with Gasteiger partial charge in [-0.05, 0) is 90.3 Å². The van der Waals surface area contributed by atoms with E-state index in [-0.39, 0.29) is 47.2 Å². The third-order valence-corrected chi connectivity index (χ3v) is 11.5. The predicted octanol–water partition coefficient (Wildman–Crippen LogP) is 5.10. The van der Waals surface area contributed by atoms with Crippen LogP contribution in [0.3, 0.4) is 0 Å². The molecule has 0 unspecified atom stereocenters. The normalized spacial score (nSPS) is 30.2. The molecule has 8 nitrogen and oxygen atoms in total. The fourth-order valence-electron chi connectivity index (χ4n) is 8.36. The largest absolute Gasteiger partial charge is 0.338 e. The number of carbonyl (C=O) groups excluding carboxylic acids is 3. The third-order valence-electron chi connectivity index (χ3n) is 11.2. The molecule has 4 aliphatic rings. The van der Waals surface area contributed by atoms with Crippen molar-refractivity contribution in [1.29, 1.82) is 0 Å². The second-order valence-corrected chi connectivity index (χ2v) is 16.0. The lowest BCUT2D eigenvalue weighted by Crippen LogP contribution is -2.56. The van der Waals surface area contributed by atoms with Gasteiger partial charge in [-0.25, -0.2) is 0 Å². The highest BCUT2D eigenvalue weighted by Gasteiger charge is 2.50. The standard InChI is InChI=1S/C36H56ClN5O3/c1-24(2)38-16-18-39(19-17-38)35(45)33-20-30(42(26(4)43)29-14-8-25(3)9-15-29)21-41(33)34(44)32-23-40(36(5,6)7)22-31(32)27-10-12-28(37)13-11-27/h10-13,24-25,29-33H,8-9,14-23H2,1-7H3/t25?,29?,30-,31+,32-,33-/m1/s1. The first-order chi connectivity index (χ1) is 21.2. The lowest BCUT2D eigenvalue weighted by atomic mass is 9.86. The molecule has 3 saturated heterocycles. The molecule has 3 amide bonds. The van der Waals surface area contributed by atoms with E-state index in [1.165, 1.54) is 0 Å². The summed E-state index contributed by atoms with van der Waals surface area (Å²) in [7, 11) is 0. The van der Waals surface area contributed by atoms with Gasteiger partial charge in [-0.2, -0.15) is 0 Å². The molecule has 3 aliphatic heterocycles. The van der Waals surface area contributed by atoms with Crippen LogP contribution in [0.1, 0.15) is 92.1 Å². The summed E-state index contributed by atoms with van der Waals surface area (Å²) in [6, 6.07) is 7.82. The van der Waals surface area contributed by atoms with E-state index in [0.717, 1.165) is 50.9 Å². The Morgan fingerprint density at radius 1 is 0.867 bits per heavy atom. The Bertz CT molecular complexity index is 1200. The Morgan fingerprint density at radius 3 is 2.04 bits per heavy atom. The van der Waals surface area contributed by atoms with E-state index in [2.05, 4.69) is 56.2 Å². The smallest absolute Gasteiger partial charge is 0.245 e. The minimum atomic E-state index is -0.549. The minimum Gasteiger partial charge on any atom is -0.338 e. The Labute approximate surface area is 276 Å². The predicted molar refractivity (Wildman–Crippen MR) is 180 cm³/mol. The van der Waals surface area contributed by atoms with Gasteiger partial charge in [0.15, 0.2) is 0 Å². The van der Waals surface area contributed by atoms with Crippen molar-refractivity contribution in [3.05, 3.63) is 34.9 Å². The summed E-state index contributed by atoms with van der Waals surface area (Å²) < 4.78 is 0. The van der Waals surface area contributed by atoms with Crippen LogP contribution in [0.25, 0.3) is 0 Å². The molecule has 5 rings (SSSR count). The number of hydrogen-bond acceptors (Lipinski definition) is 5. The maximum absolute atomic E-state index is 14.9. The number of piperazine rings is 1. The fraction of sp³-hybridized carbons (Fsp3) is 0.750. The van der Waals surface area contributed by atoms with Crippen molar-refractivity contribution in [3.8, 4) is 0 Å². The molecule has 9 heteroatoms. The summed E-state index contributed by atoms with van der Waals surface area (Å²) in [6.07, 6.45) is 4.72. The molecule has 0 aromatic heterocycles. The molecule has 4 fully saturated rings. The molecule has 1 aromatic carbocycles. The molecule has 1 saturated carbocycles. The van der Waals surface area contributed by atoms with Gasteiger partial charge in [-0.15, -0.1) is 0 Å². The van der Waals surface area contributed by atoms with Gasteiger partial charge in [-0.1, -0.05) is 30.7 Å². The SMILES string of the molecule is CC(=O)N(C1CCC(C)CC1)[C@@H]1C[C@H](C(=O)N2CCN(C(C)C)CC2)N(C(=O)[C@@H]2CN(C(C)(C)C)C[C@H]2c2ccc(Cl)cc2)C1. The highest BCUT2D eigenvalue weighted by atomic mass is 35.5. The first kappa shape index (κ1) is 34.2. The molecule has 4 atom stereocenters. The van der Waals surface area contributed by atoms with Gasteiger partial charge in [0, 0.05) is 81.3 Å². The van der Waals surface area contributed by atoms with Gasteiger partial charge in [0.2, 0.25) is 17.7 Å². The topological polar surface area (TPSA) is 67.4 Å². The van der Waals surface area contributed by atoms with Crippen LogP contribution in [0.4, 0.5) is 0 Å².